The van der Waals surface area contributed by atoms with Crippen LogP contribution in [0.25, 0.3) is 11.1 Å². The van der Waals surface area contributed by atoms with Gasteiger partial charge in [-0.2, -0.15) is 0 Å². The number of benzene rings is 5. The van der Waals surface area contributed by atoms with E-state index in [9.17, 15) is 0 Å². The van der Waals surface area contributed by atoms with Crippen LogP contribution in [0.3, 0.4) is 0 Å². The Balaban J connectivity index is 0.00000364. The molecule has 0 aliphatic carbocycles. The minimum atomic E-state index is -2.32. The van der Waals surface area contributed by atoms with Gasteiger partial charge in [0.2, 0.25) is 0 Å². The van der Waals surface area contributed by atoms with Gasteiger partial charge in [-0.3, -0.25) is 0 Å². The molecule has 5 aromatic carbocycles. The van der Waals surface area contributed by atoms with Gasteiger partial charge in [-0.05, 0) is 0 Å². The van der Waals surface area contributed by atoms with Crippen LogP contribution in [-0.4, -0.2) is 32.9 Å². The molecule has 0 saturated carbocycles. The first kappa shape index (κ1) is 26.2. The van der Waals surface area contributed by atoms with Crippen molar-refractivity contribution < 1.29 is 29.9 Å². The zero-order valence-electron chi connectivity index (χ0n) is 27.0. The van der Waals surface area contributed by atoms with E-state index in [1.54, 1.807) is 12.7 Å². The molecule has 0 fully saturated rings. The van der Waals surface area contributed by atoms with Crippen molar-refractivity contribution in [1.82, 2.24) is 4.98 Å². The van der Waals surface area contributed by atoms with Crippen molar-refractivity contribution in [2.45, 2.75) is 6.92 Å². The predicted octanol–water partition coefficient (Wildman–Crippen LogP) is 7.59. The molecule has 0 amide bonds. The van der Waals surface area contributed by atoms with Crippen LogP contribution < -0.4 is 26.7 Å². The molecule has 1 aromatic heterocycles. The van der Waals surface area contributed by atoms with Gasteiger partial charge in [0.25, 0.3) is 0 Å². The summed E-state index contributed by atoms with van der Waals surface area (Å²) in [5.74, 6) is 1.88. The minimum Gasteiger partial charge on any atom is 0 e. The van der Waals surface area contributed by atoms with Gasteiger partial charge in [0.05, 0.1) is 0 Å². The van der Waals surface area contributed by atoms with E-state index >= 15 is 0 Å². The van der Waals surface area contributed by atoms with E-state index < -0.39 is 27.9 Å². The number of ether oxygens (including phenoxy) is 1. The second kappa shape index (κ2) is 12.4. The fraction of sp³-hybridized carbons (Fsp3) is 0.0526. The van der Waals surface area contributed by atoms with Crippen molar-refractivity contribution in [3.8, 4) is 22.6 Å². The van der Waals surface area contributed by atoms with E-state index in [0.717, 1.165) is 39.6 Å². The SMILES string of the molecule is [2H]C([2H])([2H])N1[CH-]N(c2[c-]c(Oc3[c-]c4c(cc3)[Te]c3ccccc3N4c3cc(C)c(-c4ccccc4)cn3)ccc2)c2ccccc21.[Pt]. The molecule has 45 heavy (non-hydrogen) atoms. The Hall–Kier alpha value is -4.07. The van der Waals surface area contributed by atoms with Crippen LogP contribution in [0.1, 0.15) is 9.68 Å². The summed E-state index contributed by atoms with van der Waals surface area (Å²) in [7, 11) is 0. The van der Waals surface area contributed by atoms with E-state index in [-0.39, 0.29) is 21.1 Å². The number of aromatic nitrogens is 1. The van der Waals surface area contributed by atoms with Crippen LogP contribution in [0.15, 0.2) is 121 Å². The number of aryl methyl sites for hydroxylation is 1. The summed E-state index contributed by atoms with van der Waals surface area (Å²) in [4.78, 5) is 10.3. The van der Waals surface area contributed by atoms with Crippen LogP contribution in [0.5, 0.6) is 11.5 Å². The van der Waals surface area contributed by atoms with Gasteiger partial charge in [-0.15, -0.1) is 0 Å². The van der Waals surface area contributed by atoms with Gasteiger partial charge in [-0.25, -0.2) is 0 Å². The van der Waals surface area contributed by atoms with Crippen LogP contribution in [-0.2, 0) is 21.1 Å². The summed E-state index contributed by atoms with van der Waals surface area (Å²) in [5.41, 5.74) is 7.47. The average Bonchev–Trinajstić information content (AvgIpc) is 3.49. The molecular formula is C38H27N4OPtTe-3. The van der Waals surface area contributed by atoms with Crippen LogP contribution in [0.2, 0.25) is 0 Å². The molecule has 7 heteroatoms. The van der Waals surface area contributed by atoms with E-state index in [2.05, 4.69) is 72.5 Å². The van der Waals surface area contributed by atoms with Gasteiger partial charge < -0.3 is 0 Å². The molecule has 8 rings (SSSR count). The summed E-state index contributed by atoms with van der Waals surface area (Å²) < 4.78 is 33.0. The number of rotatable bonds is 5. The average molecular weight is 881 g/mol. The number of hydrogen-bond donors (Lipinski definition) is 0. The quantitative estimate of drug-likeness (QED) is 0.132. The molecular weight excluding hydrogens is 851 g/mol. The van der Waals surface area contributed by atoms with Gasteiger partial charge in [-0.1, -0.05) is 6.07 Å². The Kier molecular flexibility index (Phi) is 7.20. The molecule has 0 saturated heterocycles. The van der Waals surface area contributed by atoms with Gasteiger partial charge in [0.15, 0.2) is 0 Å². The largest absolute Gasteiger partial charge is 0 e. The van der Waals surface area contributed by atoms with Crippen LogP contribution in [0, 0.1) is 25.7 Å². The first-order chi connectivity index (χ1) is 22.8. The van der Waals surface area contributed by atoms with Crippen molar-refractivity contribution in [2.75, 3.05) is 21.7 Å². The monoisotopic (exact) mass is 883 g/mol. The summed E-state index contributed by atoms with van der Waals surface area (Å²) in [6.45, 7) is 1.40. The molecule has 0 atom stereocenters. The molecule has 0 radical (unpaired) electrons. The molecule has 2 aliphatic rings. The normalized spacial score (nSPS) is 14.3. The van der Waals surface area contributed by atoms with E-state index in [1.807, 2.05) is 71.8 Å². The third kappa shape index (κ3) is 5.53. The molecule has 0 N–H and O–H groups in total. The second-order valence-electron chi connectivity index (χ2n) is 10.5. The number of anilines is 6. The van der Waals surface area contributed by atoms with Gasteiger partial charge >= 0.3 is 263 Å². The molecule has 2 aliphatic heterocycles. The maximum absolute atomic E-state index is 8.02. The van der Waals surface area contributed by atoms with Gasteiger partial charge in [0, 0.05) is 25.2 Å². The van der Waals surface area contributed by atoms with E-state index in [4.69, 9.17) is 13.8 Å². The smallest absolute Gasteiger partial charge is 0 e. The summed E-state index contributed by atoms with van der Waals surface area (Å²) in [6.07, 6.45) is 1.95. The standard InChI is InChI=1S/C38H27N4OTe.Pt/c1-26-21-38(39-24-31(26)27-11-4-3-5-12-27)42-34-17-8-9-18-36(34)44-37-20-19-30(23-35(37)42)43-29-14-10-13-28(22-29)41-25-40(2)32-15-6-7-16-33(32)41;/h3-21,24-25H,1-2H3;/q-3;/i2D3;. The second-order valence-corrected chi connectivity index (χ2v) is 13.6. The van der Waals surface area contributed by atoms with Crippen LogP contribution in [0.4, 0.5) is 34.3 Å². The number of hydrogen-bond acceptors (Lipinski definition) is 5. The Morgan fingerprint density at radius 1 is 0.778 bits per heavy atom. The molecule has 6 aromatic rings. The maximum atomic E-state index is 8.02. The fourth-order valence-corrected chi connectivity index (χ4v) is 8.52. The maximum Gasteiger partial charge on any atom is 0 e. The summed E-state index contributed by atoms with van der Waals surface area (Å²) >= 11 is -0.666. The van der Waals surface area contributed by atoms with Crippen molar-refractivity contribution >= 4 is 62.4 Å². The van der Waals surface area contributed by atoms with Crippen molar-refractivity contribution in [3.05, 3.63) is 146 Å². The number of para-hydroxylation sites is 3. The minimum absolute atomic E-state index is 0. The molecule has 0 unspecified atom stereocenters. The first-order valence-corrected chi connectivity index (χ1v) is 16.5. The molecule has 5 nitrogen and oxygen atoms in total. The zero-order chi connectivity index (χ0) is 32.1. The van der Waals surface area contributed by atoms with E-state index in [1.165, 1.54) is 12.1 Å². The Bertz CT molecular complexity index is 2130. The zero-order valence-corrected chi connectivity index (χ0v) is 28.6. The Morgan fingerprint density at radius 3 is 2.36 bits per heavy atom. The molecule has 224 valence electrons. The predicted molar refractivity (Wildman–Crippen MR) is 180 cm³/mol. The van der Waals surface area contributed by atoms with Crippen LogP contribution >= 0.6 is 0 Å². The molecule has 0 bridgehead atoms. The van der Waals surface area contributed by atoms with Crippen molar-refractivity contribution in [3.63, 3.8) is 0 Å². The number of fused-ring (bicyclic) bond motifs is 3. The number of nitrogens with zero attached hydrogens (tertiary/aromatic N) is 4. The Morgan fingerprint density at radius 2 is 1.53 bits per heavy atom. The third-order valence-electron chi connectivity index (χ3n) is 7.69. The fourth-order valence-electron chi connectivity index (χ4n) is 5.60. The van der Waals surface area contributed by atoms with E-state index in [0.29, 0.717) is 22.9 Å². The van der Waals surface area contributed by atoms with Crippen molar-refractivity contribution in [2.24, 2.45) is 0 Å². The third-order valence-corrected chi connectivity index (χ3v) is 10.9. The van der Waals surface area contributed by atoms with Crippen molar-refractivity contribution in [1.29, 1.82) is 0 Å². The first-order valence-electron chi connectivity index (χ1n) is 15.7. The topological polar surface area (TPSA) is 31.8 Å². The Labute approximate surface area is 292 Å². The molecule has 3 heterocycles. The summed E-state index contributed by atoms with van der Waals surface area (Å²) in [5, 5.41) is 0. The molecule has 0 spiro atoms. The summed E-state index contributed by atoms with van der Waals surface area (Å²) in [6, 6.07) is 45.0. The number of pyridine rings is 1. The van der Waals surface area contributed by atoms with Gasteiger partial charge in [0.1, 0.15) is 0 Å².